The van der Waals surface area contributed by atoms with Crippen LogP contribution >= 0.6 is 0 Å². The lowest BCUT2D eigenvalue weighted by Gasteiger charge is -2.31. The summed E-state index contributed by atoms with van der Waals surface area (Å²) in [7, 11) is 0. The minimum absolute atomic E-state index is 0.0714. The van der Waals surface area contributed by atoms with Crippen LogP contribution in [0.2, 0.25) is 0 Å². The van der Waals surface area contributed by atoms with Gasteiger partial charge in [0.1, 0.15) is 6.33 Å². The Balaban J connectivity index is 1.85. The first kappa shape index (κ1) is 13.9. The standard InChI is InChI=1S/C13H21N5O/c14-4-6-16-13(19)11-2-1-7-18(8-11)9-12-3-5-15-10-17-12/h3,5,10-11H,1-2,4,6-9,14H2,(H,16,19). The Bertz CT molecular complexity index is 397. The maximum absolute atomic E-state index is 11.9. The molecule has 0 radical (unpaired) electrons. The highest BCUT2D eigenvalue weighted by Crippen LogP contribution is 2.18. The molecule has 0 spiro atoms. The monoisotopic (exact) mass is 263 g/mol. The number of hydrogen-bond acceptors (Lipinski definition) is 5. The van der Waals surface area contributed by atoms with E-state index < -0.39 is 0 Å². The van der Waals surface area contributed by atoms with Crippen molar-refractivity contribution in [1.82, 2.24) is 20.2 Å². The van der Waals surface area contributed by atoms with E-state index in [4.69, 9.17) is 5.73 Å². The van der Waals surface area contributed by atoms with E-state index in [0.29, 0.717) is 13.1 Å². The van der Waals surface area contributed by atoms with E-state index >= 15 is 0 Å². The van der Waals surface area contributed by atoms with Crippen molar-refractivity contribution in [3.8, 4) is 0 Å². The van der Waals surface area contributed by atoms with Crippen LogP contribution in [0.15, 0.2) is 18.6 Å². The summed E-state index contributed by atoms with van der Waals surface area (Å²) in [6.45, 7) is 3.64. The summed E-state index contributed by atoms with van der Waals surface area (Å²) in [5.74, 6) is 0.194. The third-order valence-electron chi connectivity index (χ3n) is 3.35. The largest absolute Gasteiger partial charge is 0.355 e. The molecule has 1 saturated heterocycles. The van der Waals surface area contributed by atoms with Crippen LogP contribution in [0.1, 0.15) is 18.5 Å². The molecule has 1 amide bonds. The highest BCUT2D eigenvalue weighted by atomic mass is 16.1. The number of carbonyl (C=O) groups is 1. The highest BCUT2D eigenvalue weighted by Gasteiger charge is 2.25. The Morgan fingerprint density at radius 1 is 1.58 bits per heavy atom. The van der Waals surface area contributed by atoms with Crippen LogP contribution in [0.4, 0.5) is 0 Å². The first-order valence-corrected chi connectivity index (χ1v) is 6.74. The maximum atomic E-state index is 11.9. The van der Waals surface area contributed by atoms with Crippen LogP contribution in [0, 0.1) is 5.92 Å². The lowest BCUT2D eigenvalue weighted by atomic mass is 9.97. The van der Waals surface area contributed by atoms with Crippen molar-refractivity contribution in [2.75, 3.05) is 26.2 Å². The van der Waals surface area contributed by atoms with Gasteiger partial charge in [-0.25, -0.2) is 9.97 Å². The Hall–Kier alpha value is -1.53. The molecule has 6 heteroatoms. The fourth-order valence-corrected chi connectivity index (χ4v) is 2.39. The number of amides is 1. The second-order valence-corrected chi connectivity index (χ2v) is 4.85. The molecule has 1 atom stereocenters. The second-order valence-electron chi connectivity index (χ2n) is 4.85. The zero-order valence-electron chi connectivity index (χ0n) is 11.1. The third kappa shape index (κ3) is 4.25. The Labute approximate surface area is 113 Å². The smallest absolute Gasteiger partial charge is 0.224 e. The summed E-state index contributed by atoms with van der Waals surface area (Å²) < 4.78 is 0. The summed E-state index contributed by atoms with van der Waals surface area (Å²) in [5.41, 5.74) is 6.39. The number of rotatable bonds is 5. The molecule has 2 rings (SSSR count). The first-order chi connectivity index (χ1) is 9.29. The van der Waals surface area contributed by atoms with E-state index in [1.54, 1.807) is 12.5 Å². The number of nitrogens with one attached hydrogen (secondary N) is 1. The third-order valence-corrected chi connectivity index (χ3v) is 3.35. The van der Waals surface area contributed by atoms with Crippen molar-refractivity contribution >= 4 is 5.91 Å². The van der Waals surface area contributed by atoms with E-state index in [-0.39, 0.29) is 11.8 Å². The van der Waals surface area contributed by atoms with Crippen molar-refractivity contribution in [1.29, 1.82) is 0 Å². The number of piperidine rings is 1. The molecule has 1 aromatic heterocycles. The fourth-order valence-electron chi connectivity index (χ4n) is 2.39. The first-order valence-electron chi connectivity index (χ1n) is 6.74. The van der Waals surface area contributed by atoms with Crippen LogP contribution in [-0.4, -0.2) is 47.0 Å². The molecule has 19 heavy (non-hydrogen) atoms. The normalized spacial score (nSPS) is 20.2. The molecule has 6 nitrogen and oxygen atoms in total. The van der Waals surface area contributed by atoms with Gasteiger partial charge >= 0.3 is 0 Å². The Kier molecular flexibility index (Phi) is 5.23. The molecule has 1 fully saturated rings. The summed E-state index contributed by atoms with van der Waals surface area (Å²) in [6, 6.07) is 1.91. The second kappa shape index (κ2) is 7.16. The SMILES string of the molecule is NCCNC(=O)C1CCCN(Cc2ccncn2)C1. The van der Waals surface area contributed by atoms with Crippen molar-refractivity contribution in [2.45, 2.75) is 19.4 Å². The molecule has 0 aliphatic carbocycles. The fraction of sp³-hybridized carbons (Fsp3) is 0.615. The van der Waals surface area contributed by atoms with Gasteiger partial charge in [-0.05, 0) is 25.5 Å². The number of nitrogens with zero attached hydrogens (tertiary/aromatic N) is 3. The van der Waals surface area contributed by atoms with Gasteiger partial charge in [-0.15, -0.1) is 0 Å². The number of likely N-dealkylation sites (tertiary alicyclic amines) is 1. The zero-order valence-corrected chi connectivity index (χ0v) is 11.1. The molecule has 1 aliphatic heterocycles. The van der Waals surface area contributed by atoms with Gasteiger partial charge in [-0.2, -0.15) is 0 Å². The number of carbonyl (C=O) groups excluding carboxylic acids is 1. The van der Waals surface area contributed by atoms with Gasteiger partial charge in [0, 0.05) is 32.4 Å². The Morgan fingerprint density at radius 2 is 2.47 bits per heavy atom. The zero-order chi connectivity index (χ0) is 13.5. The summed E-state index contributed by atoms with van der Waals surface area (Å²) in [5, 5.41) is 2.87. The quantitative estimate of drug-likeness (QED) is 0.766. The maximum Gasteiger partial charge on any atom is 0.224 e. The van der Waals surface area contributed by atoms with E-state index in [0.717, 1.165) is 38.2 Å². The highest BCUT2D eigenvalue weighted by molar-refractivity contribution is 5.78. The summed E-state index contributed by atoms with van der Waals surface area (Å²) >= 11 is 0. The van der Waals surface area contributed by atoms with Crippen molar-refractivity contribution in [3.63, 3.8) is 0 Å². The molecular formula is C13H21N5O. The van der Waals surface area contributed by atoms with Crippen molar-refractivity contribution in [3.05, 3.63) is 24.3 Å². The van der Waals surface area contributed by atoms with Crippen LogP contribution in [0.3, 0.4) is 0 Å². The lowest BCUT2D eigenvalue weighted by Crippen LogP contribution is -2.43. The summed E-state index contributed by atoms with van der Waals surface area (Å²) in [4.78, 5) is 22.3. The lowest BCUT2D eigenvalue weighted by molar-refractivity contribution is -0.126. The van der Waals surface area contributed by atoms with Gasteiger partial charge in [-0.3, -0.25) is 9.69 Å². The van der Waals surface area contributed by atoms with E-state index in [2.05, 4.69) is 20.2 Å². The van der Waals surface area contributed by atoms with Gasteiger partial charge in [-0.1, -0.05) is 0 Å². The minimum atomic E-state index is 0.0714. The molecule has 0 saturated carbocycles. The molecule has 1 aliphatic rings. The Morgan fingerprint density at radius 3 is 3.21 bits per heavy atom. The molecule has 1 aromatic rings. The van der Waals surface area contributed by atoms with E-state index in [1.165, 1.54) is 0 Å². The molecule has 0 bridgehead atoms. The number of aromatic nitrogens is 2. The predicted molar refractivity (Wildman–Crippen MR) is 72.1 cm³/mol. The average molecular weight is 263 g/mol. The summed E-state index contributed by atoms with van der Waals surface area (Å²) in [6.07, 6.45) is 5.31. The molecule has 104 valence electrons. The van der Waals surface area contributed by atoms with E-state index in [9.17, 15) is 4.79 Å². The number of nitrogens with two attached hydrogens (primary N) is 1. The van der Waals surface area contributed by atoms with Crippen molar-refractivity contribution < 1.29 is 4.79 Å². The van der Waals surface area contributed by atoms with Crippen LogP contribution in [0.5, 0.6) is 0 Å². The van der Waals surface area contributed by atoms with Crippen LogP contribution in [-0.2, 0) is 11.3 Å². The molecule has 0 aromatic carbocycles. The van der Waals surface area contributed by atoms with Gasteiger partial charge in [0.2, 0.25) is 5.91 Å². The van der Waals surface area contributed by atoms with Gasteiger partial charge in [0.05, 0.1) is 11.6 Å². The van der Waals surface area contributed by atoms with Crippen molar-refractivity contribution in [2.24, 2.45) is 11.7 Å². The van der Waals surface area contributed by atoms with Crippen LogP contribution < -0.4 is 11.1 Å². The minimum Gasteiger partial charge on any atom is -0.355 e. The van der Waals surface area contributed by atoms with Gasteiger partial charge in [0.15, 0.2) is 0 Å². The molecular weight excluding hydrogens is 242 g/mol. The molecule has 3 N–H and O–H groups in total. The van der Waals surface area contributed by atoms with Crippen LogP contribution in [0.25, 0.3) is 0 Å². The molecule has 1 unspecified atom stereocenters. The van der Waals surface area contributed by atoms with Gasteiger partial charge < -0.3 is 11.1 Å². The molecule has 2 heterocycles. The predicted octanol–water partition coefficient (Wildman–Crippen LogP) is -0.236. The number of hydrogen-bond donors (Lipinski definition) is 2. The average Bonchev–Trinajstić information content (AvgIpc) is 2.46. The van der Waals surface area contributed by atoms with E-state index in [1.807, 2.05) is 6.07 Å². The topological polar surface area (TPSA) is 84.1 Å². The van der Waals surface area contributed by atoms with Gasteiger partial charge in [0.25, 0.3) is 0 Å².